The monoisotopic (exact) mass is 323 g/mol. The van der Waals surface area contributed by atoms with E-state index in [-0.39, 0.29) is 10.5 Å². The fourth-order valence-corrected chi connectivity index (χ4v) is 2.96. The van der Waals surface area contributed by atoms with Crippen LogP contribution in [-0.2, 0) is 9.84 Å². The van der Waals surface area contributed by atoms with Crippen LogP contribution in [0.3, 0.4) is 0 Å². The smallest absolute Gasteiger partial charge is 0.258 e. The first-order valence-electron chi connectivity index (χ1n) is 5.82. The predicted molar refractivity (Wildman–Crippen MR) is 80.1 cm³/mol. The van der Waals surface area contributed by atoms with Crippen LogP contribution in [0.15, 0.2) is 64.9 Å². The van der Waals surface area contributed by atoms with Crippen LogP contribution in [0.4, 0.5) is 0 Å². The van der Waals surface area contributed by atoms with E-state index in [4.69, 9.17) is 11.6 Å². The summed E-state index contributed by atoms with van der Waals surface area (Å²) in [5.41, 5.74) is -0.259. The molecule has 21 heavy (non-hydrogen) atoms. The third-order valence-electron chi connectivity index (χ3n) is 2.68. The summed E-state index contributed by atoms with van der Waals surface area (Å²) >= 11 is 5.70. The Morgan fingerprint density at radius 3 is 2.14 bits per heavy atom. The lowest BCUT2D eigenvalue weighted by atomic mass is 10.2. The normalized spacial score (nSPS) is 12.1. The molecule has 0 fully saturated rings. The fourth-order valence-electron chi connectivity index (χ4n) is 1.66. The highest BCUT2D eigenvalue weighted by Crippen LogP contribution is 2.21. The van der Waals surface area contributed by atoms with E-state index >= 15 is 0 Å². The lowest BCUT2D eigenvalue weighted by Gasteiger charge is -2.01. The molecular formula is C14H10ClNO4S. The number of nitro groups is 1. The van der Waals surface area contributed by atoms with E-state index in [1.165, 1.54) is 36.4 Å². The molecule has 0 heterocycles. The van der Waals surface area contributed by atoms with Gasteiger partial charge in [0, 0.05) is 5.02 Å². The molecule has 0 radical (unpaired) electrons. The van der Waals surface area contributed by atoms with Crippen LogP contribution < -0.4 is 0 Å². The van der Waals surface area contributed by atoms with E-state index < -0.39 is 20.5 Å². The van der Waals surface area contributed by atoms with Crippen LogP contribution in [-0.4, -0.2) is 13.3 Å². The van der Waals surface area contributed by atoms with E-state index in [9.17, 15) is 18.5 Å². The second kappa shape index (κ2) is 6.07. The number of rotatable bonds is 4. The van der Waals surface area contributed by atoms with Crippen molar-refractivity contribution in [2.24, 2.45) is 0 Å². The van der Waals surface area contributed by atoms with Gasteiger partial charge in [-0.1, -0.05) is 29.8 Å². The number of hydrogen-bond acceptors (Lipinski definition) is 4. The molecule has 0 spiro atoms. The van der Waals surface area contributed by atoms with Crippen molar-refractivity contribution in [2.75, 3.05) is 0 Å². The third kappa shape index (κ3) is 3.68. The molecule has 0 aliphatic carbocycles. The molecule has 2 aromatic carbocycles. The van der Waals surface area contributed by atoms with E-state index in [1.807, 2.05) is 0 Å². The molecule has 0 bridgehead atoms. The van der Waals surface area contributed by atoms with Gasteiger partial charge in [-0.05, 0) is 36.4 Å². The lowest BCUT2D eigenvalue weighted by molar-refractivity contribution is -0.375. The maximum Gasteiger partial charge on any atom is 0.288 e. The van der Waals surface area contributed by atoms with E-state index in [0.717, 1.165) is 0 Å². The van der Waals surface area contributed by atoms with Gasteiger partial charge in [0.15, 0.2) is 0 Å². The van der Waals surface area contributed by atoms with Gasteiger partial charge in [0.05, 0.1) is 15.4 Å². The maximum absolute atomic E-state index is 12.2. The molecule has 0 N–H and O–H groups in total. The number of hydrogen-bond donors (Lipinski definition) is 0. The average Bonchev–Trinajstić information content (AvgIpc) is 2.46. The number of sulfone groups is 1. The van der Waals surface area contributed by atoms with E-state index in [2.05, 4.69) is 0 Å². The number of nitrogens with zero attached hydrogens (tertiary/aromatic N) is 1. The highest BCUT2D eigenvalue weighted by molar-refractivity contribution is 7.94. The molecule has 108 valence electrons. The first-order chi connectivity index (χ1) is 9.90. The minimum Gasteiger partial charge on any atom is -0.258 e. The molecule has 0 saturated carbocycles. The number of benzene rings is 2. The standard InChI is InChI=1S/C14H10ClNO4S/c15-12-6-8-13(9-7-12)21(19,20)10-14(16(17)18)11-4-2-1-3-5-11/h1-10H/b14-10-. The van der Waals surface area contributed by atoms with Crippen LogP contribution in [0.1, 0.15) is 5.56 Å². The third-order valence-corrected chi connectivity index (χ3v) is 4.39. The second-order valence-electron chi connectivity index (χ2n) is 4.13. The Labute approximate surface area is 126 Å². The fraction of sp³-hybridized carbons (Fsp3) is 0. The zero-order valence-corrected chi connectivity index (χ0v) is 12.2. The lowest BCUT2D eigenvalue weighted by Crippen LogP contribution is -2.03. The van der Waals surface area contributed by atoms with Crippen molar-refractivity contribution in [3.8, 4) is 0 Å². The first kappa shape index (κ1) is 15.2. The Kier molecular flexibility index (Phi) is 4.40. The van der Waals surface area contributed by atoms with E-state index in [1.54, 1.807) is 18.2 Å². The summed E-state index contributed by atoms with van der Waals surface area (Å²) in [4.78, 5) is 10.3. The molecule has 0 saturated heterocycles. The summed E-state index contributed by atoms with van der Waals surface area (Å²) in [5, 5.41) is 12.2. The summed E-state index contributed by atoms with van der Waals surface area (Å²) < 4.78 is 24.4. The largest absolute Gasteiger partial charge is 0.288 e. The van der Waals surface area contributed by atoms with E-state index in [0.29, 0.717) is 10.4 Å². The summed E-state index contributed by atoms with van der Waals surface area (Å²) in [6, 6.07) is 13.3. The molecular weight excluding hydrogens is 314 g/mol. The van der Waals surface area contributed by atoms with Crippen molar-refractivity contribution >= 4 is 27.1 Å². The van der Waals surface area contributed by atoms with Crippen molar-refractivity contribution < 1.29 is 13.3 Å². The van der Waals surface area contributed by atoms with Gasteiger partial charge in [-0.25, -0.2) is 8.42 Å². The highest BCUT2D eigenvalue weighted by Gasteiger charge is 2.21. The summed E-state index contributed by atoms with van der Waals surface area (Å²) in [6.07, 6.45) is 0. The Hall–Kier alpha value is -2.18. The number of halogens is 1. The van der Waals surface area contributed by atoms with Crippen molar-refractivity contribution in [3.05, 3.63) is 80.7 Å². The molecule has 0 atom stereocenters. The zero-order valence-electron chi connectivity index (χ0n) is 10.6. The molecule has 0 aliphatic heterocycles. The van der Waals surface area contributed by atoms with Gasteiger partial charge in [-0.3, -0.25) is 10.1 Å². The SMILES string of the molecule is O=[N+]([O-])/C(=C\S(=O)(=O)c1ccc(Cl)cc1)c1ccccc1. The van der Waals surface area contributed by atoms with Crippen LogP contribution >= 0.6 is 11.6 Å². The maximum atomic E-state index is 12.2. The molecule has 0 aliphatic rings. The van der Waals surface area contributed by atoms with Gasteiger partial charge in [0.2, 0.25) is 9.84 Å². The van der Waals surface area contributed by atoms with Gasteiger partial charge in [0.1, 0.15) is 5.41 Å². The van der Waals surface area contributed by atoms with Gasteiger partial charge < -0.3 is 0 Å². The highest BCUT2D eigenvalue weighted by atomic mass is 35.5. The predicted octanol–water partition coefficient (Wildman–Crippen LogP) is 3.39. The topological polar surface area (TPSA) is 77.3 Å². The summed E-state index contributed by atoms with van der Waals surface area (Å²) in [5.74, 6) is 0. The summed E-state index contributed by atoms with van der Waals surface area (Å²) in [7, 11) is -3.93. The second-order valence-corrected chi connectivity index (χ2v) is 6.36. The minimum absolute atomic E-state index is 0.0535. The van der Waals surface area contributed by atoms with Crippen molar-refractivity contribution in [2.45, 2.75) is 4.90 Å². The molecule has 2 aromatic rings. The minimum atomic E-state index is -3.93. The van der Waals surface area contributed by atoms with Crippen LogP contribution in [0.2, 0.25) is 5.02 Å². The van der Waals surface area contributed by atoms with Crippen molar-refractivity contribution in [1.29, 1.82) is 0 Å². The summed E-state index contributed by atoms with van der Waals surface area (Å²) in [6.45, 7) is 0. The molecule has 0 amide bonds. The Morgan fingerprint density at radius 2 is 1.62 bits per heavy atom. The molecule has 0 aromatic heterocycles. The molecule has 0 unspecified atom stereocenters. The Bertz CT molecular complexity index is 783. The molecule has 2 rings (SSSR count). The Balaban J connectivity index is 2.52. The Morgan fingerprint density at radius 1 is 1.05 bits per heavy atom. The van der Waals surface area contributed by atoms with Crippen LogP contribution in [0.5, 0.6) is 0 Å². The van der Waals surface area contributed by atoms with Crippen LogP contribution in [0.25, 0.3) is 5.70 Å². The van der Waals surface area contributed by atoms with Crippen molar-refractivity contribution in [1.82, 2.24) is 0 Å². The van der Waals surface area contributed by atoms with Gasteiger partial charge >= 0.3 is 0 Å². The molecule has 7 heteroatoms. The van der Waals surface area contributed by atoms with Crippen molar-refractivity contribution in [3.63, 3.8) is 0 Å². The van der Waals surface area contributed by atoms with Gasteiger partial charge in [0.25, 0.3) is 5.70 Å². The van der Waals surface area contributed by atoms with Crippen LogP contribution in [0, 0.1) is 10.1 Å². The van der Waals surface area contributed by atoms with Gasteiger partial charge in [-0.2, -0.15) is 0 Å². The quantitative estimate of drug-likeness (QED) is 0.638. The molecule has 5 nitrogen and oxygen atoms in total. The average molecular weight is 324 g/mol. The van der Waals surface area contributed by atoms with Gasteiger partial charge in [-0.15, -0.1) is 0 Å². The first-order valence-corrected chi connectivity index (χ1v) is 7.75. The zero-order chi connectivity index (χ0) is 15.5.